The third kappa shape index (κ3) is 5.04. The molecule has 8 aromatic carbocycles. The Hall–Kier alpha value is -5.96. The molecule has 2 heteroatoms. The minimum atomic E-state index is 1.13. The highest BCUT2D eigenvalue weighted by molar-refractivity contribution is 7.26. The lowest BCUT2D eigenvalue weighted by molar-refractivity contribution is 1.30. The summed E-state index contributed by atoms with van der Waals surface area (Å²) < 4.78 is 2.60. The third-order valence-corrected chi connectivity index (χ3v) is 10.4. The van der Waals surface area contributed by atoms with Gasteiger partial charge in [-0.2, -0.15) is 0 Å². The lowest BCUT2D eigenvalue weighted by Gasteiger charge is -2.27. The molecule has 9 rings (SSSR count). The van der Waals surface area contributed by atoms with E-state index in [0.717, 1.165) is 11.4 Å². The highest BCUT2D eigenvalue weighted by Gasteiger charge is 2.19. The van der Waals surface area contributed by atoms with Gasteiger partial charge in [-0.25, -0.2) is 0 Å². The second-order valence-corrected chi connectivity index (χ2v) is 13.2. The average Bonchev–Trinajstić information content (AvgIpc) is 3.55. The second kappa shape index (κ2) is 12.0. The number of hydrogen-bond donors (Lipinski definition) is 0. The Bertz CT molecular complexity index is 2530. The van der Waals surface area contributed by atoms with Crippen molar-refractivity contribution in [2.75, 3.05) is 4.90 Å². The zero-order valence-electron chi connectivity index (χ0n) is 26.3. The van der Waals surface area contributed by atoms with Gasteiger partial charge in [-0.1, -0.05) is 140 Å². The molecule has 0 bridgehead atoms. The van der Waals surface area contributed by atoms with Crippen LogP contribution in [0.5, 0.6) is 0 Å². The first-order chi connectivity index (χ1) is 23.8. The van der Waals surface area contributed by atoms with E-state index in [0.29, 0.717) is 0 Å². The van der Waals surface area contributed by atoms with Gasteiger partial charge < -0.3 is 4.90 Å². The molecule has 0 saturated carbocycles. The summed E-state index contributed by atoms with van der Waals surface area (Å²) in [6.07, 6.45) is 0. The number of thiophene rings is 1. The quantitative estimate of drug-likeness (QED) is 0.177. The van der Waals surface area contributed by atoms with Crippen molar-refractivity contribution < 1.29 is 0 Å². The molecule has 0 aliphatic rings. The molecule has 1 nitrogen and oxygen atoms in total. The summed E-state index contributed by atoms with van der Waals surface area (Å²) in [6, 6.07) is 68.1. The summed E-state index contributed by atoms with van der Waals surface area (Å²) in [4.78, 5) is 2.41. The molecular formula is C46H31NS. The van der Waals surface area contributed by atoms with Crippen LogP contribution in [0.4, 0.5) is 17.1 Å². The van der Waals surface area contributed by atoms with E-state index < -0.39 is 0 Å². The van der Waals surface area contributed by atoms with Crippen molar-refractivity contribution in [3.8, 4) is 33.4 Å². The van der Waals surface area contributed by atoms with Gasteiger partial charge >= 0.3 is 0 Å². The fourth-order valence-electron chi connectivity index (χ4n) is 6.94. The minimum absolute atomic E-state index is 1.13. The minimum Gasteiger partial charge on any atom is -0.310 e. The van der Waals surface area contributed by atoms with E-state index in [2.05, 4.69) is 193 Å². The number of hydrogen-bond acceptors (Lipinski definition) is 2. The molecular weight excluding hydrogens is 599 g/mol. The van der Waals surface area contributed by atoms with Crippen LogP contribution in [0.1, 0.15) is 0 Å². The van der Waals surface area contributed by atoms with Gasteiger partial charge in [0.1, 0.15) is 0 Å². The number of anilines is 3. The maximum Gasteiger partial charge on any atom is 0.0554 e. The molecule has 0 saturated heterocycles. The van der Waals surface area contributed by atoms with Crippen LogP contribution >= 0.6 is 11.3 Å². The van der Waals surface area contributed by atoms with Crippen LogP contribution in [0.15, 0.2) is 188 Å². The van der Waals surface area contributed by atoms with Gasteiger partial charge in [-0.05, 0) is 92.7 Å². The van der Waals surface area contributed by atoms with Crippen LogP contribution in [-0.4, -0.2) is 0 Å². The molecule has 1 aromatic heterocycles. The van der Waals surface area contributed by atoms with E-state index in [9.17, 15) is 0 Å². The fraction of sp³-hybridized carbons (Fsp3) is 0. The average molecular weight is 630 g/mol. The van der Waals surface area contributed by atoms with Gasteiger partial charge in [0, 0.05) is 31.5 Å². The van der Waals surface area contributed by atoms with E-state index in [1.165, 1.54) is 70.0 Å². The van der Waals surface area contributed by atoms with Crippen molar-refractivity contribution in [2.24, 2.45) is 0 Å². The van der Waals surface area contributed by atoms with Crippen molar-refractivity contribution in [3.63, 3.8) is 0 Å². The molecule has 9 aromatic rings. The molecule has 0 radical (unpaired) electrons. The highest BCUT2D eigenvalue weighted by Crippen LogP contribution is 2.45. The molecule has 0 fully saturated rings. The topological polar surface area (TPSA) is 3.24 Å². The Labute approximate surface area is 284 Å². The standard InChI is InChI=1S/C46H31NS/c1-3-11-32(12-4-1)33-21-26-38(27-22-33)47(43-18-10-20-45-46(43)42-16-7-8-19-44(42)48-45)39-28-23-34(24-29-39)36-25-30-41-37(31-36)15-9-17-40(41)35-13-5-2-6-14-35/h1-31H. The van der Waals surface area contributed by atoms with E-state index in [-0.39, 0.29) is 0 Å². The molecule has 0 spiro atoms. The summed E-state index contributed by atoms with van der Waals surface area (Å²) in [5.74, 6) is 0. The van der Waals surface area contributed by atoms with Gasteiger partial charge in [0.05, 0.1) is 5.69 Å². The molecule has 0 N–H and O–H groups in total. The molecule has 0 unspecified atom stereocenters. The van der Waals surface area contributed by atoms with Crippen molar-refractivity contribution in [1.29, 1.82) is 0 Å². The van der Waals surface area contributed by atoms with E-state index in [1.54, 1.807) is 0 Å². The Morgan fingerprint density at radius 1 is 0.354 bits per heavy atom. The highest BCUT2D eigenvalue weighted by atomic mass is 32.1. The van der Waals surface area contributed by atoms with Crippen molar-refractivity contribution in [2.45, 2.75) is 0 Å². The van der Waals surface area contributed by atoms with Gasteiger partial charge in [0.15, 0.2) is 0 Å². The number of nitrogens with zero attached hydrogens (tertiary/aromatic N) is 1. The van der Waals surface area contributed by atoms with Crippen LogP contribution in [0, 0.1) is 0 Å². The van der Waals surface area contributed by atoms with Crippen molar-refractivity contribution >= 4 is 59.3 Å². The van der Waals surface area contributed by atoms with Gasteiger partial charge in [0.2, 0.25) is 0 Å². The smallest absolute Gasteiger partial charge is 0.0554 e. The molecule has 0 amide bonds. The molecule has 48 heavy (non-hydrogen) atoms. The summed E-state index contributed by atoms with van der Waals surface area (Å²) in [7, 11) is 0. The van der Waals surface area contributed by atoms with Gasteiger partial charge in [-0.3, -0.25) is 0 Å². The first-order valence-corrected chi connectivity index (χ1v) is 17.2. The fourth-order valence-corrected chi connectivity index (χ4v) is 8.07. The number of fused-ring (bicyclic) bond motifs is 4. The number of benzene rings is 8. The van der Waals surface area contributed by atoms with Crippen molar-refractivity contribution in [1.82, 2.24) is 0 Å². The van der Waals surface area contributed by atoms with E-state index in [4.69, 9.17) is 0 Å². The summed E-state index contributed by atoms with van der Waals surface area (Å²) in [5, 5.41) is 5.10. The number of rotatable bonds is 6. The first kappa shape index (κ1) is 28.3. The monoisotopic (exact) mass is 629 g/mol. The predicted molar refractivity (Wildman–Crippen MR) is 208 cm³/mol. The van der Waals surface area contributed by atoms with Crippen LogP contribution in [0.2, 0.25) is 0 Å². The molecule has 0 aliphatic carbocycles. The van der Waals surface area contributed by atoms with Crippen LogP contribution in [-0.2, 0) is 0 Å². The Kier molecular flexibility index (Phi) is 7.07. The zero-order valence-corrected chi connectivity index (χ0v) is 27.1. The maximum atomic E-state index is 2.41. The van der Waals surface area contributed by atoms with E-state index in [1.807, 2.05) is 11.3 Å². The van der Waals surface area contributed by atoms with Crippen LogP contribution in [0.25, 0.3) is 64.3 Å². The third-order valence-electron chi connectivity index (χ3n) is 9.28. The van der Waals surface area contributed by atoms with Crippen LogP contribution in [0.3, 0.4) is 0 Å². The Morgan fingerprint density at radius 2 is 0.917 bits per heavy atom. The first-order valence-electron chi connectivity index (χ1n) is 16.3. The Morgan fingerprint density at radius 3 is 1.65 bits per heavy atom. The molecule has 1 heterocycles. The predicted octanol–water partition coefficient (Wildman–Crippen LogP) is 13.7. The van der Waals surface area contributed by atoms with Crippen LogP contribution < -0.4 is 4.90 Å². The lowest BCUT2D eigenvalue weighted by atomic mass is 9.95. The van der Waals surface area contributed by atoms with Gasteiger partial charge in [-0.15, -0.1) is 11.3 Å². The molecule has 0 aliphatic heterocycles. The Balaban J connectivity index is 1.15. The molecule has 0 atom stereocenters. The largest absolute Gasteiger partial charge is 0.310 e. The zero-order chi connectivity index (χ0) is 31.9. The normalized spacial score (nSPS) is 11.3. The van der Waals surface area contributed by atoms with Gasteiger partial charge in [0.25, 0.3) is 0 Å². The molecule has 226 valence electrons. The summed E-state index contributed by atoms with van der Waals surface area (Å²) >= 11 is 1.86. The lowest BCUT2D eigenvalue weighted by Crippen LogP contribution is -2.10. The SMILES string of the molecule is c1ccc(-c2ccc(N(c3ccc(-c4ccc5c(-c6ccccc6)cccc5c4)cc3)c3cccc4sc5ccccc5c34)cc2)cc1. The summed E-state index contributed by atoms with van der Waals surface area (Å²) in [5.41, 5.74) is 10.8. The maximum absolute atomic E-state index is 2.41. The van der Waals surface area contributed by atoms with Crippen molar-refractivity contribution in [3.05, 3.63) is 188 Å². The second-order valence-electron chi connectivity index (χ2n) is 12.2. The summed E-state index contributed by atoms with van der Waals surface area (Å²) in [6.45, 7) is 0. The van der Waals surface area contributed by atoms with E-state index >= 15 is 0 Å².